The topological polar surface area (TPSA) is 32.6 Å². The van der Waals surface area contributed by atoms with Gasteiger partial charge in [-0.1, -0.05) is 11.6 Å². The average Bonchev–Trinajstić information content (AvgIpc) is 3.01. The molecule has 0 saturated carbocycles. The minimum absolute atomic E-state index is 0. The maximum absolute atomic E-state index is 6.28. The number of nitrogens with one attached hydrogen (secondary N) is 1. The Morgan fingerprint density at radius 3 is 3.10 bits per heavy atom. The molecule has 110 valence electrons. The summed E-state index contributed by atoms with van der Waals surface area (Å²) >= 11 is 7.92. The van der Waals surface area contributed by atoms with Gasteiger partial charge in [0.15, 0.2) is 10.1 Å². The SMILES string of the molecule is Cl.Clc1nc2sccn2c1CN1CCC2CCC(C1)N2. The molecule has 4 heterocycles. The molecule has 2 aromatic heterocycles. The second-order valence-corrected chi connectivity index (χ2v) is 6.80. The summed E-state index contributed by atoms with van der Waals surface area (Å²) in [6.45, 7) is 3.19. The number of imidazole rings is 1. The zero-order chi connectivity index (χ0) is 12.8. The van der Waals surface area contributed by atoms with E-state index in [4.69, 9.17) is 11.6 Å². The van der Waals surface area contributed by atoms with Crippen LogP contribution in [0.15, 0.2) is 11.6 Å². The van der Waals surface area contributed by atoms with Crippen molar-refractivity contribution in [2.75, 3.05) is 13.1 Å². The largest absolute Gasteiger partial charge is 0.310 e. The van der Waals surface area contributed by atoms with Gasteiger partial charge in [0.1, 0.15) is 0 Å². The Morgan fingerprint density at radius 1 is 1.35 bits per heavy atom. The highest BCUT2D eigenvalue weighted by molar-refractivity contribution is 7.15. The van der Waals surface area contributed by atoms with Crippen LogP contribution in [0.25, 0.3) is 4.96 Å². The standard InChI is InChI=1S/C13H17ClN4S.ClH/c14-12-11(18-5-6-19-13(18)16-12)8-17-4-3-9-1-2-10(7-17)15-9;/h5-6,9-10,15H,1-4,7-8H2;1H. The number of thiazole rings is 1. The zero-order valence-corrected chi connectivity index (χ0v) is 13.5. The van der Waals surface area contributed by atoms with Crippen LogP contribution in [0.5, 0.6) is 0 Å². The fourth-order valence-corrected chi connectivity index (χ4v) is 4.33. The van der Waals surface area contributed by atoms with Gasteiger partial charge in [-0.25, -0.2) is 4.98 Å². The highest BCUT2D eigenvalue weighted by Gasteiger charge is 2.29. The van der Waals surface area contributed by atoms with Crippen molar-refractivity contribution in [3.63, 3.8) is 0 Å². The van der Waals surface area contributed by atoms with E-state index in [9.17, 15) is 0 Å². The van der Waals surface area contributed by atoms with Crippen LogP contribution in [0, 0.1) is 0 Å². The Hall–Kier alpha value is -0.330. The first-order valence-corrected chi connectivity index (χ1v) is 8.13. The summed E-state index contributed by atoms with van der Waals surface area (Å²) in [6, 6.07) is 1.40. The second kappa shape index (κ2) is 5.81. The fraction of sp³-hybridized carbons (Fsp3) is 0.615. The van der Waals surface area contributed by atoms with Gasteiger partial charge in [-0.3, -0.25) is 9.30 Å². The number of nitrogens with zero attached hydrogens (tertiary/aromatic N) is 3. The molecular formula is C13H18Cl2N4S. The molecule has 2 saturated heterocycles. The predicted octanol–water partition coefficient (Wildman–Crippen LogP) is 2.80. The van der Waals surface area contributed by atoms with Crippen LogP contribution in [-0.2, 0) is 6.54 Å². The molecule has 2 aromatic rings. The van der Waals surface area contributed by atoms with Crippen molar-refractivity contribution in [3.05, 3.63) is 22.4 Å². The van der Waals surface area contributed by atoms with Gasteiger partial charge in [-0.2, -0.15) is 0 Å². The van der Waals surface area contributed by atoms with Crippen molar-refractivity contribution in [2.45, 2.75) is 37.9 Å². The molecule has 2 fully saturated rings. The Bertz CT molecular complexity index is 596. The van der Waals surface area contributed by atoms with Crippen LogP contribution in [0.4, 0.5) is 0 Å². The van der Waals surface area contributed by atoms with Gasteiger partial charge in [0.05, 0.1) is 5.69 Å². The van der Waals surface area contributed by atoms with E-state index < -0.39 is 0 Å². The maximum Gasteiger partial charge on any atom is 0.195 e. The number of hydrogen-bond donors (Lipinski definition) is 1. The summed E-state index contributed by atoms with van der Waals surface area (Å²) in [5.41, 5.74) is 1.13. The van der Waals surface area contributed by atoms with Crippen molar-refractivity contribution in [1.82, 2.24) is 19.6 Å². The molecule has 2 bridgehead atoms. The van der Waals surface area contributed by atoms with Crippen LogP contribution in [-0.4, -0.2) is 39.5 Å². The lowest BCUT2D eigenvalue weighted by atomic mass is 10.1. The number of fused-ring (bicyclic) bond motifs is 3. The van der Waals surface area contributed by atoms with Crippen molar-refractivity contribution in [1.29, 1.82) is 0 Å². The van der Waals surface area contributed by atoms with Crippen molar-refractivity contribution in [3.8, 4) is 0 Å². The first-order chi connectivity index (χ1) is 9.29. The van der Waals surface area contributed by atoms with E-state index in [1.165, 1.54) is 19.3 Å². The van der Waals surface area contributed by atoms with Gasteiger partial charge in [-0.15, -0.1) is 23.7 Å². The van der Waals surface area contributed by atoms with Gasteiger partial charge in [0.2, 0.25) is 0 Å². The molecule has 4 nitrogen and oxygen atoms in total. The molecule has 7 heteroatoms. The monoisotopic (exact) mass is 332 g/mol. The lowest BCUT2D eigenvalue weighted by Crippen LogP contribution is -2.35. The summed E-state index contributed by atoms with van der Waals surface area (Å²) < 4.78 is 2.13. The van der Waals surface area contributed by atoms with Crippen molar-refractivity contribution >= 4 is 40.3 Å². The highest BCUT2D eigenvalue weighted by Crippen LogP contribution is 2.25. The maximum atomic E-state index is 6.28. The molecule has 4 rings (SSSR count). The Kier molecular flexibility index (Phi) is 4.24. The summed E-state index contributed by atoms with van der Waals surface area (Å²) in [4.78, 5) is 7.93. The molecule has 0 amide bonds. The van der Waals surface area contributed by atoms with E-state index in [2.05, 4.69) is 31.2 Å². The minimum atomic E-state index is 0. The molecule has 2 atom stereocenters. The first kappa shape index (κ1) is 14.6. The molecule has 0 aliphatic carbocycles. The van der Waals surface area contributed by atoms with E-state index in [0.29, 0.717) is 11.2 Å². The lowest BCUT2D eigenvalue weighted by molar-refractivity contribution is 0.247. The van der Waals surface area contributed by atoms with Crippen LogP contribution in [0.2, 0.25) is 5.15 Å². The predicted molar refractivity (Wildman–Crippen MR) is 85.2 cm³/mol. The molecule has 2 unspecified atom stereocenters. The third-order valence-electron chi connectivity index (χ3n) is 4.29. The molecular weight excluding hydrogens is 315 g/mol. The molecule has 2 aliphatic rings. The van der Waals surface area contributed by atoms with Crippen molar-refractivity contribution in [2.24, 2.45) is 0 Å². The van der Waals surface area contributed by atoms with Crippen LogP contribution < -0.4 is 5.32 Å². The first-order valence-electron chi connectivity index (χ1n) is 6.88. The summed E-state index contributed by atoms with van der Waals surface area (Å²) in [5, 5.41) is 6.44. The van der Waals surface area contributed by atoms with Crippen molar-refractivity contribution < 1.29 is 0 Å². The number of rotatable bonds is 2. The molecule has 2 aliphatic heterocycles. The van der Waals surface area contributed by atoms with Crippen LogP contribution >= 0.6 is 35.3 Å². The Morgan fingerprint density at radius 2 is 2.20 bits per heavy atom. The summed E-state index contributed by atoms with van der Waals surface area (Å²) in [6.07, 6.45) is 5.98. The quantitative estimate of drug-likeness (QED) is 0.917. The van der Waals surface area contributed by atoms with Gasteiger partial charge < -0.3 is 5.32 Å². The summed E-state index contributed by atoms with van der Waals surface area (Å²) in [7, 11) is 0. The smallest absolute Gasteiger partial charge is 0.195 e. The number of aromatic nitrogens is 2. The Balaban J connectivity index is 0.00000121. The van der Waals surface area contributed by atoms with E-state index in [-0.39, 0.29) is 12.4 Å². The van der Waals surface area contributed by atoms with E-state index in [1.807, 2.05) is 0 Å². The minimum Gasteiger partial charge on any atom is -0.310 e. The van der Waals surface area contributed by atoms with Gasteiger partial charge in [0, 0.05) is 43.3 Å². The van der Waals surface area contributed by atoms with Crippen LogP contribution in [0.1, 0.15) is 25.0 Å². The molecule has 1 N–H and O–H groups in total. The highest BCUT2D eigenvalue weighted by atomic mass is 35.5. The van der Waals surface area contributed by atoms with Gasteiger partial charge >= 0.3 is 0 Å². The average molecular weight is 333 g/mol. The molecule has 0 radical (unpaired) electrons. The fourth-order valence-electron chi connectivity index (χ4n) is 3.32. The van der Waals surface area contributed by atoms with E-state index in [1.54, 1.807) is 11.3 Å². The molecule has 0 aromatic carbocycles. The Labute approximate surface area is 133 Å². The number of hydrogen-bond acceptors (Lipinski definition) is 4. The number of halogens is 2. The van der Waals surface area contributed by atoms with Gasteiger partial charge in [-0.05, 0) is 19.3 Å². The molecule has 0 spiro atoms. The molecule has 20 heavy (non-hydrogen) atoms. The third kappa shape index (κ3) is 2.57. The zero-order valence-electron chi connectivity index (χ0n) is 11.1. The summed E-state index contributed by atoms with van der Waals surface area (Å²) in [5.74, 6) is 0. The van der Waals surface area contributed by atoms with E-state index in [0.717, 1.165) is 36.3 Å². The van der Waals surface area contributed by atoms with Gasteiger partial charge in [0.25, 0.3) is 0 Å². The second-order valence-electron chi connectivity index (χ2n) is 5.57. The number of likely N-dealkylation sites (tertiary alicyclic amines) is 1. The van der Waals surface area contributed by atoms with Crippen LogP contribution in [0.3, 0.4) is 0 Å². The van der Waals surface area contributed by atoms with E-state index >= 15 is 0 Å². The normalized spacial score (nSPS) is 26.6. The lowest BCUT2D eigenvalue weighted by Gasteiger charge is -2.23. The third-order valence-corrected chi connectivity index (χ3v) is 5.35.